The second-order valence-electron chi connectivity index (χ2n) is 8.34. The number of hydrogen-bond donors (Lipinski definition) is 2. The number of carbonyl (C=O) groups excluding carboxylic acids is 3. The number of thiazole rings is 1. The monoisotopic (exact) mass is 541 g/mol. The van der Waals surface area contributed by atoms with E-state index in [1.54, 1.807) is 5.38 Å². The molecular weight excluding hydrogens is 518 g/mol. The summed E-state index contributed by atoms with van der Waals surface area (Å²) < 4.78 is 3.82. The molecule has 1 saturated heterocycles. The number of nitrogens with one attached hydrogen (secondary N) is 1. The van der Waals surface area contributed by atoms with E-state index in [0.717, 1.165) is 17.0 Å². The number of aliphatic carboxylic acids is 1. The zero-order valence-electron chi connectivity index (χ0n) is 19.7. The van der Waals surface area contributed by atoms with Crippen molar-refractivity contribution in [3.8, 4) is 0 Å². The van der Waals surface area contributed by atoms with Crippen molar-refractivity contribution >= 4 is 57.4 Å². The van der Waals surface area contributed by atoms with E-state index in [1.807, 2.05) is 52.7 Å². The molecule has 14 heteroatoms. The number of thioether (sulfide) groups is 1. The van der Waals surface area contributed by atoms with Gasteiger partial charge in [0.05, 0.1) is 17.9 Å². The quantitative estimate of drug-likeness (QED) is 0.121. The number of oxime groups is 1. The van der Waals surface area contributed by atoms with E-state index in [-0.39, 0.29) is 28.8 Å². The van der Waals surface area contributed by atoms with Crippen molar-refractivity contribution in [1.29, 1.82) is 0 Å². The molecule has 2 atom stereocenters. The number of rotatable bonds is 9. The average molecular weight is 542 g/mol. The highest BCUT2D eigenvalue weighted by molar-refractivity contribution is 8.00. The number of hydrogen-bond acceptors (Lipinski definition) is 10. The van der Waals surface area contributed by atoms with Gasteiger partial charge >= 0.3 is 0 Å². The molecule has 5 rings (SSSR count). The Morgan fingerprint density at radius 2 is 2.22 bits per heavy atom. The van der Waals surface area contributed by atoms with Crippen LogP contribution in [0.3, 0.4) is 0 Å². The number of imidazole rings is 1. The van der Waals surface area contributed by atoms with Gasteiger partial charge in [0.15, 0.2) is 10.8 Å². The van der Waals surface area contributed by atoms with Gasteiger partial charge in [0.2, 0.25) is 0 Å². The smallest absolute Gasteiger partial charge is 0.286 e. The highest BCUT2D eigenvalue weighted by Gasteiger charge is 2.53. The summed E-state index contributed by atoms with van der Waals surface area (Å²) in [5.74, 6) is -2.29. The fourth-order valence-corrected chi connectivity index (χ4v) is 6.07. The Bertz CT molecular complexity index is 1450. The van der Waals surface area contributed by atoms with Crippen LogP contribution >= 0.6 is 23.1 Å². The summed E-state index contributed by atoms with van der Waals surface area (Å²) >= 11 is 2.51. The highest BCUT2D eigenvalue weighted by atomic mass is 32.2. The Morgan fingerprint density at radius 3 is 2.95 bits per heavy atom. The average Bonchev–Trinajstić information content (AvgIpc) is 3.50. The molecular formula is C23H23N7O5S2. The minimum Gasteiger partial charge on any atom is -0.543 e. The van der Waals surface area contributed by atoms with Gasteiger partial charge < -0.3 is 25.8 Å². The van der Waals surface area contributed by atoms with Gasteiger partial charge in [-0.15, -0.1) is 23.1 Å². The number of fused-ring (bicyclic) bond motifs is 2. The maximum absolute atomic E-state index is 13.1. The van der Waals surface area contributed by atoms with Crippen LogP contribution in [-0.2, 0) is 25.8 Å². The van der Waals surface area contributed by atoms with Crippen molar-refractivity contribution in [2.75, 3.05) is 18.1 Å². The van der Waals surface area contributed by atoms with Crippen LogP contribution in [0.4, 0.5) is 5.13 Å². The molecule has 2 amide bonds. The van der Waals surface area contributed by atoms with Crippen LogP contribution < -0.4 is 20.6 Å². The van der Waals surface area contributed by atoms with Gasteiger partial charge in [-0.05, 0) is 12.5 Å². The summed E-state index contributed by atoms with van der Waals surface area (Å²) in [4.78, 5) is 48.8. The molecule has 1 fully saturated rings. The Kier molecular flexibility index (Phi) is 6.84. The lowest BCUT2D eigenvalue weighted by Crippen LogP contribution is -2.71. The van der Waals surface area contributed by atoms with E-state index in [1.165, 1.54) is 16.7 Å². The fourth-order valence-electron chi connectivity index (χ4n) is 4.19. The van der Waals surface area contributed by atoms with Crippen LogP contribution in [0.25, 0.3) is 5.65 Å². The molecule has 0 spiro atoms. The van der Waals surface area contributed by atoms with Crippen LogP contribution in [0.5, 0.6) is 0 Å². The number of pyridine rings is 1. The third kappa shape index (κ3) is 4.64. The predicted octanol–water partition coefficient (Wildman–Crippen LogP) is -0.500. The van der Waals surface area contributed by atoms with Gasteiger partial charge in [-0.1, -0.05) is 18.1 Å². The van der Waals surface area contributed by atoms with E-state index in [4.69, 9.17) is 10.6 Å². The summed E-state index contributed by atoms with van der Waals surface area (Å²) in [6.45, 7) is 2.47. The van der Waals surface area contributed by atoms with Gasteiger partial charge in [0, 0.05) is 22.8 Å². The number of carboxylic acid groups (broad SMARTS) is 1. The van der Waals surface area contributed by atoms with Crippen LogP contribution in [-0.4, -0.2) is 61.7 Å². The van der Waals surface area contributed by atoms with E-state index < -0.39 is 29.2 Å². The second kappa shape index (κ2) is 10.2. The lowest BCUT2D eigenvalue weighted by Gasteiger charge is -2.50. The molecule has 3 aromatic rings. The van der Waals surface area contributed by atoms with Gasteiger partial charge in [-0.25, -0.2) is 14.0 Å². The van der Waals surface area contributed by atoms with Gasteiger partial charge in [-0.3, -0.25) is 14.5 Å². The Labute approximate surface area is 219 Å². The SMILES string of the molecule is CCCO/N=C(\C(=O)N[C@@H]1C(=O)N2C(C(=O)[O-])=C(Cn3cc[n+]4ccccc34)CS[C@H]12)c1csc(N)n1. The maximum Gasteiger partial charge on any atom is 0.286 e. The van der Waals surface area contributed by atoms with Crippen molar-refractivity contribution in [3.63, 3.8) is 0 Å². The number of β-lactam (4-membered cyclic amide) rings is 1. The van der Waals surface area contributed by atoms with E-state index in [9.17, 15) is 19.5 Å². The first-order valence-corrected chi connectivity index (χ1v) is 13.4. The van der Waals surface area contributed by atoms with Crippen LogP contribution in [0.15, 0.2) is 58.6 Å². The first-order chi connectivity index (χ1) is 17.9. The molecule has 37 heavy (non-hydrogen) atoms. The molecule has 0 saturated carbocycles. The highest BCUT2D eigenvalue weighted by Crippen LogP contribution is 2.40. The summed E-state index contributed by atoms with van der Waals surface area (Å²) in [7, 11) is 0. The summed E-state index contributed by atoms with van der Waals surface area (Å²) in [6, 6.07) is 4.76. The Balaban J connectivity index is 1.36. The summed E-state index contributed by atoms with van der Waals surface area (Å²) in [5.41, 5.74) is 7.09. The molecule has 2 aliphatic heterocycles. The molecule has 0 aliphatic carbocycles. The summed E-state index contributed by atoms with van der Waals surface area (Å²) in [6.07, 6.45) is 6.29. The standard InChI is InChI=1S/C23H23N7O5S2/c1-2-9-35-27-16(14-12-37-23(24)25-14)19(31)26-17-20(32)30-18(22(33)34)13(11-36-21(17)30)10-29-8-7-28-6-4-3-5-15(28)29/h3-8,12,17,21H,2,9-11H2,1H3,(H3-,24,25,26,31,33,34)/b27-16-/t17-,21-/m1/s1. The number of nitrogens with zero attached hydrogens (tertiary/aromatic N) is 5. The van der Waals surface area contributed by atoms with Gasteiger partial charge in [0.1, 0.15) is 42.7 Å². The molecule has 0 unspecified atom stereocenters. The number of aromatic nitrogens is 3. The molecule has 5 heterocycles. The van der Waals surface area contributed by atoms with Crippen molar-refractivity contribution in [2.45, 2.75) is 31.3 Å². The number of nitrogens with two attached hydrogens (primary N) is 1. The lowest BCUT2D eigenvalue weighted by atomic mass is 10.0. The first kappa shape index (κ1) is 24.8. The van der Waals surface area contributed by atoms with Crippen LogP contribution in [0, 0.1) is 0 Å². The lowest BCUT2D eigenvalue weighted by molar-refractivity contribution is -0.510. The van der Waals surface area contributed by atoms with Crippen molar-refractivity contribution in [3.05, 3.63) is 59.1 Å². The molecule has 3 aromatic heterocycles. The second-order valence-corrected chi connectivity index (χ2v) is 10.3. The maximum atomic E-state index is 13.1. The van der Waals surface area contributed by atoms with E-state index in [0.29, 0.717) is 24.4 Å². The minimum atomic E-state index is -1.43. The molecule has 2 aliphatic rings. The third-order valence-electron chi connectivity index (χ3n) is 5.89. The molecule has 0 radical (unpaired) electrons. The van der Waals surface area contributed by atoms with Crippen molar-refractivity contribution in [2.24, 2.45) is 5.16 Å². The number of nitrogen functional groups attached to an aromatic ring is 1. The van der Waals surface area contributed by atoms with E-state index in [2.05, 4.69) is 15.5 Å². The number of anilines is 1. The van der Waals surface area contributed by atoms with Crippen molar-refractivity contribution < 1.29 is 28.7 Å². The number of carboxylic acids is 1. The molecule has 192 valence electrons. The van der Waals surface area contributed by atoms with Crippen LogP contribution in [0.2, 0.25) is 0 Å². The third-order valence-corrected chi connectivity index (χ3v) is 7.90. The largest absolute Gasteiger partial charge is 0.543 e. The zero-order chi connectivity index (χ0) is 26.1. The fraction of sp³-hybridized carbons (Fsp3) is 0.304. The molecule has 0 aromatic carbocycles. The number of carbonyl (C=O) groups is 3. The van der Waals surface area contributed by atoms with E-state index >= 15 is 0 Å². The van der Waals surface area contributed by atoms with Gasteiger partial charge in [0.25, 0.3) is 17.5 Å². The zero-order valence-corrected chi connectivity index (χ0v) is 21.3. The summed E-state index contributed by atoms with van der Waals surface area (Å²) in [5, 5.41) is 19.9. The molecule has 12 nitrogen and oxygen atoms in total. The Morgan fingerprint density at radius 1 is 1.38 bits per heavy atom. The van der Waals surface area contributed by atoms with Crippen molar-refractivity contribution in [1.82, 2.24) is 19.8 Å². The van der Waals surface area contributed by atoms with Crippen LogP contribution in [0.1, 0.15) is 19.0 Å². The molecule has 3 N–H and O–H groups in total. The minimum absolute atomic E-state index is 0.109. The normalized spacial score (nSPS) is 19.5. The first-order valence-electron chi connectivity index (χ1n) is 11.4. The molecule has 0 bridgehead atoms. The number of amides is 2. The Hall–Kier alpha value is -3.91. The topological polar surface area (TPSA) is 159 Å². The predicted molar refractivity (Wildman–Crippen MR) is 134 cm³/mol. The van der Waals surface area contributed by atoms with Gasteiger partial charge in [-0.2, -0.15) is 0 Å².